The quantitative estimate of drug-likeness (QED) is 0.846. The van der Waals surface area contributed by atoms with Gasteiger partial charge in [0.15, 0.2) is 0 Å². The molecule has 0 radical (unpaired) electrons. The summed E-state index contributed by atoms with van der Waals surface area (Å²) in [5, 5.41) is 15.2. The lowest BCUT2D eigenvalue weighted by Crippen LogP contribution is -2.23. The second-order valence-electron chi connectivity index (χ2n) is 5.31. The predicted molar refractivity (Wildman–Crippen MR) is 86.0 cm³/mol. The molecule has 0 spiro atoms. The van der Waals surface area contributed by atoms with Crippen LogP contribution in [0.2, 0.25) is 0 Å². The molecule has 0 amide bonds. The topological polar surface area (TPSA) is 67.8 Å². The van der Waals surface area contributed by atoms with E-state index >= 15 is 0 Å². The van der Waals surface area contributed by atoms with Gasteiger partial charge in [0.2, 0.25) is 0 Å². The number of aryl methyl sites for hydroxylation is 1. The van der Waals surface area contributed by atoms with Crippen LogP contribution < -0.4 is 5.32 Å². The van der Waals surface area contributed by atoms with Crippen molar-refractivity contribution in [1.82, 2.24) is 25.3 Å². The third-order valence-electron chi connectivity index (χ3n) is 4.07. The van der Waals surface area contributed by atoms with E-state index in [1.165, 1.54) is 11.3 Å². The Morgan fingerprint density at radius 2 is 2.32 bits per heavy atom. The van der Waals surface area contributed by atoms with E-state index < -0.39 is 0 Å². The van der Waals surface area contributed by atoms with E-state index in [2.05, 4.69) is 33.3 Å². The van der Waals surface area contributed by atoms with Crippen molar-refractivity contribution in [2.45, 2.75) is 19.9 Å². The fourth-order valence-electron chi connectivity index (χ4n) is 2.99. The average molecular weight is 299 g/mol. The van der Waals surface area contributed by atoms with Gasteiger partial charge in [0.25, 0.3) is 0 Å². The van der Waals surface area contributed by atoms with E-state index in [4.69, 9.17) is 4.74 Å². The van der Waals surface area contributed by atoms with Gasteiger partial charge < -0.3 is 10.1 Å². The van der Waals surface area contributed by atoms with Crippen molar-refractivity contribution in [3.63, 3.8) is 0 Å². The molecule has 0 aromatic carbocycles. The third-order valence-corrected chi connectivity index (χ3v) is 4.07. The Labute approximate surface area is 129 Å². The molecule has 22 heavy (non-hydrogen) atoms. The normalized spacial score (nSPS) is 14.8. The van der Waals surface area contributed by atoms with Crippen molar-refractivity contribution < 1.29 is 4.74 Å². The Morgan fingerprint density at radius 1 is 1.50 bits per heavy atom. The molecule has 0 saturated heterocycles. The molecule has 1 aliphatic heterocycles. The molecule has 0 aliphatic carbocycles. The number of nitrogens with zero attached hydrogens (tertiary/aromatic N) is 3. The molecule has 116 valence electrons. The second-order valence-corrected chi connectivity index (χ2v) is 5.31. The minimum Gasteiger partial charge on any atom is -0.495 e. The number of methoxy groups -OCH3 is 1. The molecule has 2 aromatic rings. The van der Waals surface area contributed by atoms with Crippen LogP contribution in [0.3, 0.4) is 0 Å². The highest BCUT2D eigenvalue weighted by Gasteiger charge is 2.24. The maximum absolute atomic E-state index is 5.26. The highest BCUT2D eigenvalue weighted by atomic mass is 16.5. The standard InChI is InChI=1S/C16H21N5O/c1-5-11(12-9-18-19-15(12)10(2)22-4)16-13-8-17-7-6-14(13)20-21(16)3/h5,9,17H,2,6-8H2,1,3-4H3,(H,18,19)/b11-5+. The van der Waals surface area contributed by atoms with Gasteiger partial charge >= 0.3 is 0 Å². The molecule has 0 fully saturated rings. The van der Waals surface area contributed by atoms with Gasteiger partial charge in [0.1, 0.15) is 11.5 Å². The van der Waals surface area contributed by atoms with Crippen LogP contribution in [0.5, 0.6) is 0 Å². The molecule has 1 aliphatic rings. The second kappa shape index (κ2) is 5.81. The molecular formula is C16H21N5O. The lowest BCUT2D eigenvalue weighted by molar-refractivity contribution is 0.369. The Balaban J connectivity index is 2.13. The van der Waals surface area contributed by atoms with E-state index in [0.29, 0.717) is 5.76 Å². The maximum Gasteiger partial charge on any atom is 0.137 e. The first-order chi connectivity index (χ1) is 10.7. The zero-order chi connectivity index (χ0) is 15.7. The van der Waals surface area contributed by atoms with Crippen molar-refractivity contribution in [2.75, 3.05) is 13.7 Å². The molecule has 6 nitrogen and oxygen atoms in total. The SMILES string of the molecule is C=C(OC)c1[nH]ncc1/C(=C\C)c1c2c(nn1C)CCNC2. The van der Waals surface area contributed by atoms with Gasteiger partial charge in [-0.15, -0.1) is 0 Å². The molecule has 0 bridgehead atoms. The summed E-state index contributed by atoms with van der Waals surface area (Å²) < 4.78 is 7.22. The Hall–Kier alpha value is -2.34. The van der Waals surface area contributed by atoms with Crippen LogP contribution in [0.25, 0.3) is 11.3 Å². The van der Waals surface area contributed by atoms with Gasteiger partial charge in [-0.25, -0.2) is 0 Å². The summed E-state index contributed by atoms with van der Waals surface area (Å²) in [6.07, 6.45) is 4.86. The molecule has 0 saturated carbocycles. The molecule has 0 unspecified atom stereocenters. The van der Waals surface area contributed by atoms with Gasteiger partial charge in [0, 0.05) is 43.3 Å². The van der Waals surface area contributed by atoms with E-state index in [9.17, 15) is 0 Å². The Bertz CT molecular complexity index is 738. The summed E-state index contributed by atoms with van der Waals surface area (Å²) in [5.41, 5.74) is 6.42. The van der Waals surface area contributed by atoms with Crippen molar-refractivity contribution in [3.8, 4) is 0 Å². The first-order valence-corrected chi connectivity index (χ1v) is 7.36. The molecule has 3 heterocycles. The summed E-state index contributed by atoms with van der Waals surface area (Å²) in [4.78, 5) is 0. The van der Waals surface area contributed by atoms with Crippen LogP contribution in [-0.4, -0.2) is 33.6 Å². The zero-order valence-electron chi connectivity index (χ0n) is 13.2. The predicted octanol–water partition coefficient (Wildman–Crippen LogP) is 1.86. The van der Waals surface area contributed by atoms with Gasteiger partial charge in [-0.05, 0) is 6.92 Å². The van der Waals surface area contributed by atoms with E-state index in [-0.39, 0.29) is 0 Å². The van der Waals surface area contributed by atoms with Gasteiger partial charge in [-0.2, -0.15) is 10.2 Å². The van der Waals surface area contributed by atoms with E-state index in [1.807, 2.05) is 24.9 Å². The van der Waals surface area contributed by atoms with Crippen LogP contribution in [0.1, 0.15) is 35.1 Å². The summed E-state index contributed by atoms with van der Waals surface area (Å²) in [7, 11) is 3.60. The zero-order valence-corrected chi connectivity index (χ0v) is 13.2. The molecule has 2 N–H and O–H groups in total. The number of aromatic nitrogens is 4. The van der Waals surface area contributed by atoms with Crippen LogP contribution >= 0.6 is 0 Å². The number of hydrogen-bond donors (Lipinski definition) is 2. The van der Waals surface area contributed by atoms with E-state index in [0.717, 1.165) is 42.0 Å². The minimum absolute atomic E-state index is 0.570. The van der Waals surface area contributed by atoms with Crippen molar-refractivity contribution in [1.29, 1.82) is 0 Å². The summed E-state index contributed by atoms with van der Waals surface area (Å²) >= 11 is 0. The molecule has 2 aromatic heterocycles. The van der Waals surface area contributed by atoms with Crippen molar-refractivity contribution >= 4 is 11.3 Å². The molecule has 0 atom stereocenters. The van der Waals surface area contributed by atoms with Crippen LogP contribution in [0, 0.1) is 0 Å². The lowest BCUT2D eigenvalue weighted by Gasteiger charge is -2.15. The minimum atomic E-state index is 0.570. The van der Waals surface area contributed by atoms with Crippen LogP contribution in [-0.2, 0) is 24.8 Å². The number of H-pyrrole nitrogens is 1. The summed E-state index contributed by atoms with van der Waals surface area (Å²) in [5.74, 6) is 0.570. The Kier molecular flexibility index (Phi) is 3.85. The van der Waals surface area contributed by atoms with Gasteiger partial charge in [0.05, 0.1) is 24.7 Å². The van der Waals surface area contributed by atoms with Crippen molar-refractivity contribution in [3.05, 3.63) is 47.1 Å². The summed E-state index contributed by atoms with van der Waals surface area (Å²) in [6.45, 7) is 7.77. The number of fused-ring (bicyclic) bond motifs is 1. The Morgan fingerprint density at radius 3 is 3.05 bits per heavy atom. The fraction of sp³-hybridized carbons (Fsp3) is 0.375. The smallest absolute Gasteiger partial charge is 0.137 e. The average Bonchev–Trinajstić information content (AvgIpc) is 3.13. The maximum atomic E-state index is 5.26. The number of rotatable bonds is 4. The van der Waals surface area contributed by atoms with Gasteiger partial charge in [-0.3, -0.25) is 9.78 Å². The number of allylic oxidation sites excluding steroid dienone is 1. The largest absolute Gasteiger partial charge is 0.495 e. The highest BCUT2D eigenvalue weighted by molar-refractivity contribution is 5.84. The number of ether oxygens (including phenoxy) is 1. The molecular weight excluding hydrogens is 278 g/mol. The fourth-order valence-corrected chi connectivity index (χ4v) is 2.99. The van der Waals surface area contributed by atoms with Gasteiger partial charge in [-0.1, -0.05) is 12.7 Å². The molecule has 3 rings (SSSR count). The number of nitrogens with one attached hydrogen (secondary N) is 2. The van der Waals surface area contributed by atoms with Crippen LogP contribution in [0.15, 0.2) is 18.9 Å². The van der Waals surface area contributed by atoms with Crippen LogP contribution in [0.4, 0.5) is 0 Å². The first-order valence-electron chi connectivity index (χ1n) is 7.36. The van der Waals surface area contributed by atoms with Crippen molar-refractivity contribution in [2.24, 2.45) is 7.05 Å². The monoisotopic (exact) mass is 299 g/mol. The molecule has 6 heteroatoms. The number of aromatic amines is 1. The first kappa shape index (κ1) is 14.6. The lowest BCUT2D eigenvalue weighted by atomic mass is 9.96. The number of hydrogen-bond acceptors (Lipinski definition) is 4. The van der Waals surface area contributed by atoms with E-state index in [1.54, 1.807) is 7.11 Å². The third kappa shape index (κ3) is 2.25. The highest BCUT2D eigenvalue weighted by Crippen LogP contribution is 2.32. The summed E-state index contributed by atoms with van der Waals surface area (Å²) in [6, 6.07) is 0.